The molecule has 550 valence electrons. The zero-order chi connectivity index (χ0) is 73.7. The molecule has 6 N–H and O–H groups in total. The van der Waals surface area contributed by atoms with Gasteiger partial charge in [-0.15, -0.1) is 0 Å². The summed E-state index contributed by atoms with van der Waals surface area (Å²) in [7, 11) is 7.92. The number of benzene rings is 2. The standard InChI is InChI=1S/C50H77N3O9.C24H41N5O6S/c1-14-34(7)46(51(10)49(58)39(31(2)3)28-42(55)45(32(4)5)52(11)50(59)62-30-37-24-22-33(6)23-25-37)43(60-12)29-44(56)53-26-18-21-40(53)48(61-13)36(9)41(54)27-35(8)47(57)38-19-16-15-17-20-38;1-15(2)21(17(30)13-16(22(33)26-3)9-8-11-27-24(25)35)28-19(31)10-6-5-7-12-29-20(32)14-18(36-4)23(29)34/h15-17,19-20,22-25,31-32,34-36,39-40,43,45-48,57H,14,18,21,26-30H2,1-13H3;15-16,18,21H,5-14H2,1-4H3,(H,26,33)(H,28,31)(H3,25,27,35)/t34-,35-,36-,39-,40-,43+,45-,46?,47+,48+;16-,18?,21?/m01/s1. The number of nitrogens with two attached hydrogens (primary N) is 1. The number of primary amides is 1. The van der Waals surface area contributed by atoms with Gasteiger partial charge in [0, 0.05) is 105 Å². The second-order valence-corrected chi connectivity index (χ2v) is 28.8. The highest BCUT2D eigenvalue weighted by atomic mass is 32.2. The molecule has 24 heteroatoms. The highest BCUT2D eigenvalue weighted by Gasteiger charge is 2.44. The number of thioether (sulfide) groups is 1. The molecule has 9 amide bonds. The smallest absolute Gasteiger partial charge is 0.410 e. The third-order valence-corrected chi connectivity index (χ3v) is 20.4. The van der Waals surface area contributed by atoms with Crippen LogP contribution in [0.25, 0.3) is 0 Å². The number of likely N-dealkylation sites (tertiary alicyclic amines) is 2. The molecule has 2 fully saturated rings. The topological polar surface area (TPSA) is 311 Å². The number of ketones is 3. The number of carbonyl (C=O) groups excluding carboxylic acids is 11. The van der Waals surface area contributed by atoms with Crippen molar-refractivity contribution in [1.82, 2.24) is 35.6 Å². The Kier molecular flexibility index (Phi) is 37.5. The van der Waals surface area contributed by atoms with E-state index in [0.717, 1.165) is 23.1 Å². The van der Waals surface area contributed by atoms with Crippen LogP contribution >= 0.6 is 11.8 Å². The lowest BCUT2D eigenvalue weighted by atomic mass is 9.83. The van der Waals surface area contributed by atoms with E-state index in [0.29, 0.717) is 64.6 Å². The van der Waals surface area contributed by atoms with Crippen LogP contribution in [0.2, 0.25) is 0 Å². The molecule has 2 aromatic rings. The van der Waals surface area contributed by atoms with Crippen molar-refractivity contribution in [3.8, 4) is 0 Å². The van der Waals surface area contributed by atoms with Gasteiger partial charge in [-0.2, -0.15) is 11.8 Å². The monoisotopic (exact) mass is 1390 g/mol. The number of amides is 9. The highest BCUT2D eigenvalue weighted by Crippen LogP contribution is 2.34. The largest absolute Gasteiger partial charge is 0.445 e. The number of methoxy groups -OCH3 is 2. The third-order valence-electron chi connectivity index (χ3n) is 19.4. The molecule has 0 aliphatic carbocycles. The summed E-state index contributed by atoms with van der Waals surface area (Å²) in [6, 6.07) is 14.0. The maximum absolute atomic E-state index is 14.6. The Morgan fingerprint density at radius 3 is 1.97 bits per heavy atom. The van der Waals surface area contributed by atoms with Gasteiger partial charge in [0.05, 0.1) is 54.2 Å². The number of Topliss-reactive ketones (excluding diaryl/α,β-unsaturated/α-hetero) is 3. The van der Waals surface area contributed by atoms with Gasteiger partial charge in [0.2, 0.25) is 35.4 Å². The molecule has 0 spiro atoms. The molecule has 2 aliphatic heterocycles. The van der Waals surface area contributed by atoms with Gasteiger partial charge in [-0.25, -0.2) is 9.59 Å². The van der Waals surface area contributed by atoms with Crippen molar-refractivity contribution in [3.05, 3.63) is 71.3 Å². The summed E-state index contributed by atoms with van der Waals surface area (Å²) in [5.41, 5.74) is 7.74. The van der Waals surface area contributed by atoms with Gasteiger partial charge < -0.3 is 55.7 Å². The number of imide groups is 1. The van der Waals surface area contributed by atoms with Crippen LogP contribution in [0.15, 0.2) is 54.6 Å². The van der Waals surface area contributed by atoms with E-state index < -0.39 is 66.3 Å². The first-order chi connectivity index (χ1) is 46.3. The first-order valence-corrected chi connectivity index (χ1v) is 36.4. The number of ether oxygens (including phenoxy) is 3. The van der Waals surface area contributed by atoms with Crippen molar-refractivity contribution < 1.29 is 72.1 Å². The van der Waals surface area contributed by atoms with Crippen LogP contribution in [0.1, 0.15) is 182 Å². The lowest BCUT2D eigenvalue weighted by Crippen LogP contribution is -2.54. The van der Waals surface area contributed by atoms with Crippen LogP contribution in [0.5, 0.6) is 0 Å². The van der Waals surface area contributed by atoms with Crippen LogP contribution in [0, 0.1) is 54.3 Å². The molecule has 0 bridgehead atoms. The van der Waals surface area contributed by atoms with Crippen LogP contribution in [0.4, 0.5) is 9.59 Å². The highest BCUT2D eigenvalue weighted by molar-refractivity contribution is 8.00. The molecule has 2 aromatic carbocycles. The Morgan fingerprint density at radius 1 is 0.765 bits per heavy atom. The number of carbonyl (C=O) groups is 11. The van der Waals surface area contributed by atoms with E-state index in [1.54, 1.807) is 33.2 Å². The summed E-state index contributed by atoms with van der Waals surface area (Å²) in [5.74, 6) is -4.38. The van der Waals surface area contributed by atoms with Crippen molar-refractivity contribution in [3.63, 3.8) is 0 Å². The molecular weight excluding hydrogens is 1270 g/mol. The number of likely N-dealkylation sites (N-methyl/N-ethyl adjacent to an activating group) is 2. The fourth-order valence-corrected chi connectivity index (χ4v) is 14.0. The average Bonchev–Trinajstić information content (AvgIpc) is 1.23. The number of unbranched alkanes of at least 4 members (excludes halogenated alkanes) is 2. The minimum atomic E-state index is -0.804. The van der Waals surface area contributed by atoms with E-state index in [2.05, 4.69) is 16.0 Å². The summed E-state index contributed by atoms with van der Waals surface area (Å²) in [6.07, 6.45) is 4.66. The van der Waals surface area contributed by atoms with Crippen molar-refractivity contribution >= 4 is 76.7 Å². The fourth-order valence-electron chi connectivity index (χ4n) is 13.3. The number of hydrogen-bond acceptors (Lipinski definition) is 16. The number of aliphatic hydroxyl groups is 1. The number of rotatable bonds is 41. The number of hydrogen-bond donors (Lipinski definition) is 5. The van der Waals surface area contributed by atoms with Crippen molar-refractivity contribution in [2.45, 2.75) is 220 Å². The number of nitrogens with zero attached hydrogens (tertiary/aromatic N) is 4. The van der Waals surface area contributed by atoms with Crippen molar-refractivity contribution in [1.29, 1.82) is 0 Å². The molecule has 98 heavy (non-hydrogen) atoms. The number of aliphatic hydroxyl groups excluding tert-OH is 1. The summed E-state index contributed by atoms with van der Waals surface area (Å²) in [5, 5.41) is 18.5. The molecule has 2 heterocycles. The summed E-state index contributed by atoms with van der Waals surface area (Å²) >= 11 is 1.38. The van der Waals surface area contributed by atoms with Gasteiger partial charge >= 0.3 is 12.1 Å². The lowest BCUT2D eigenvalue weighted by molar-refractivity contribution is -0.149. The normalized spacial score (nSPS) is 18.1. The minimum absolute atomic E-state index is 0.00881. The molecule has 2 aliphatic rings. The summed E-state index contributed by atoms with van der Waals surface area (Å²) in [4.78, 5) is 149. The van der Waals surface area contributed by atoms with Gasteiger partial charge in [-0.05, 0) is 92.4 Å². The Morgan fingerprint density at radius 2 is 1.42 bits per heavy atom. The van der Waals surface area contributed by atoms with Crippen LogP contribution in [0.3, 0.4) is 0 Å². The first kappa shape index (κ1) is 85.5. The Hall–Kier alpha value is -6.76. The molecule has 0 aromatic heterocycles. The Bertz CT molecular complexity index is 2900. The zero-order valence-corrected chi connectivity index (χ0v) is 62.4. The number of nitrogens with one attached hydrogen (secondary N) is 3. The van der Waals surface area contributed by atoms with Crippen molar-refractivity contribution in [2.24, 2.45) is 53.1 Å². The molecule has 0 radical (unpaired) electrons. The number of urea groups is 1. The molecule has 0 saturated carbocycles. The van der Waals surface area contributed by atoms with Gasteiger partial charge in [-0.1, -0.05) is 142 Å². The van der Waals surface area contributed by atoms with Gasteiger partial charge in [-0.3, -0.25) is 48.1 Å². The van der Waals surface area contributed by atoms with E-state index in [1.807, 2.05) is 142 Å². The number of aryl methyl sites for hydroxylation is 1. The molecule has 4 rings (SSSR count). The molecular formula is C74H118N8O15S. The maximum Gasteiger partial charge on any atom is 0.410 e. The van der Waals surface area contributed by atoms with Crippen LogP contribution in [-0.2, 0) is 64.0 Å². The second-order valence-electron chi connectivity index (χ2n) is 27.8. The summed E-state index contributed by atoms with van der Waals surface area (Å²) < 4.78 is 17.7. The predicted octanol–water partition coefficient (Wildman–Crippen LogP) is 9.02. The van der Waals surface area contributed by atoms with Gasteiger partial charge in [0.25, 0.3) is 0 Å². The van der Waals surface area contributed by atoms with Crippen LogP contribution < -0.4 is 21.7 Å². The zero-order valence-electron chi connectivity index (χ0n) is 61.6. The fraction of sp³-hybridized carbons (Fsp3) is 0.689. The van der Waals surface area contributed by atoms with E-state index in [-0.39, 0.29) is 139 Å². The molecule has 2 saturated heterocycles. The van der Waals surface area contributed by atoms with E-state index in [9.17, 15) is 57.8 Å². The second kappa shape index (κ2) is 43.0. The van der Waals surface area contributed by atoms with E-state index >= 15 is 0 Å². The summed E-state index contributed by atoms with van der Waals surface area (Å²) in [6.45, 7) is 22.3. The van der Waals surface area contributed by atoms with Crippen LogP contribution in [-0.4, -0.2) is 193 Å². The molecule has 23 nitrogen and oxygen atoms in total. The maximum atomic E-state index is 14.6. The Labute approximate surface area is 587 Å². The average molecular weight is 1390 g/mol. The van der Waals surface area contributed by atoms with Gasteiger partial charge in [0.15, 0.2) is 11.6 Å². The van der Waals surface area contributed by atoms with Crippen molar-refractivity contribution in [2.75, 3.05) is 61.3 Å². The van der Waals surface area contributed by atoms with E-state index in [4.69, 9.17) is 19.9 Å². The molecule has 3 unspecified atom stereocenters. The molecule has 13 atom stereocenters. The predicted molar refractivity (Wildman–Crippen MR) is 380 cm³/mol. The Balaban J connectivity index is 0.000000590. The quantitative estimate of drug-likeness (QED) is 0.0306. The lowest BCUT2D eigenvalue weighted by Gasteiger charge is -2.41. The van der Waals surface area contributed by atoms with Gasteiger partial charge in [0.1, 0.15) is 12.4 Å². The minimum Gasteiger partial charge on any atom is -0.445 e. The third kappa shape index (κ3) is 26.1. The van der Waals surface area contributed by atoms with E-state index in [1.165, 1.54) is 28.6 Å². The first-order valence-electron chi connectivity index (χ1n) is 35.1. The SMILES string of the molecule is CC[C@H](C)C([C@@H](CC(=O)N1CCC[C@H]1[C@H](OC)[C@@H](C)C(=O)C[C@H](C)[C@@H](O)c1ccccc1)OC)N(C)C(=O)[C@@H](CC(=O)[C@H](C(C)C)N(C)C(=O)OCc1ccc(C)cc1)C(C)C.CNC(=O)[C@H](CCCNC(N)=O)CC(=O)C(NC(=O)CCCCCN1C(=O)CC(SC)C1=O)C(C)C.